The first-order chi connectivity index (χ1) is 17.3. The van der Waals surface area contributed by atoms with E-state index in [1.165, 1.54) is 9.80 Å². The van der Waals surface area contributed by atoms with Crippen LogP contribution in [0.1, 0.15) is 34.0 Å². The number of carbonyl (C=O) groups is 3. The molecule has 0 aromatic heterocycles. The maximum Gasteiger partial charge on any atom is 0.265 e. The molecular weight excluding hydrogens is 456 g/mol. The van der Waals surface area contributed by atoms with Gasteiger partial charge >= 0.3 is 0 Å². The maximum absolute atomic E-state index is 13.7. The zero-order valence-electron chi connectivity index (χ0n) is 20.8. The zero-order valence-corrected chi connectivity index (χ0v) is 20.8. The number of fused-ring (bicyclic) bond motifs is 1. The average Bonchev–Trinajstić information content (AvgIpc) is 2.86. The van der Waals surface area contributed by atoms with Crippen LogP contribution in [0.15, 0.2) is 66.7 Å². The van der Waals surface area contributed by atoms with Gasteiger partial charge in [0.1, 0.15) is 0 Å². The van der Waals surface area contributed by atoms with E-state index in [2.05, 4.69) is 0 Å². The Morgan fingerprint density at radius 1 is 0.889 bits per heavy atom. The molecule has 4 rings (SSSR count). The molecular formula is C29H28N2O5. The van der Waals surface area contributed by atoms with Crippen molar-refractivity contribution in [2.45, 2.75) is 13.8 Å². The molecule has 3 aromatic rings. The molecule has 7 nitrogen and oxygen atoms in total. The van der Waals surface area contributed by atoms with E-state index in [1.54, 1.807) is 68.7 Å². The number of nitrogens with zero attached hydrogens (tertiary/aromatic N) is 2. The van der Waals surface area contributed by atoms with Crippen molar-refractivity contribution in [3.8, 4) is 11.5 Å². The number of imide groups is 1. The summed E-state index contributed by atoms with van der Waals surface area (Å²) in [5.41, 5.74) is 3.59. The Kier molecular flexibility index (Phi) is 7.20. The molecule has 0 saturated carbocycles. The van der Waals surface area contributed by atoms with Gasteiger partial charge in [-0.2, -0.15) is 0 Å². The summed E-state index contributed by atoms with van der Waals surface area (Å²) in [5, 5.41) is 0. The Labute approximate surface area is 210 Å². The van der Waals surface area contributed by atoms with E-state index in [0.29, 0.717) is 46.1 Å². The number of hydrogen-bond acceptors (Lipinski definition) is 5. The number of carbonyl (C=O) groups excluding carboxylic acids is 3. The third-order valence-electron chi connectivity index (χ3n) is 5.77. The molecule has 1 aliphatic heterocycles. The summed E-state index contributed by atoms with van der Waals surface area (Å²) < 4.78 is 11.4. The average molecular weight is 485 g/mol. The highest BCUT2D eigenvalue weighted by Crippen LogP contribution is 2.35. The highest BCUT2D eigenvalue weighted by Gasteiger charge is 2.35. The van der Waals surface area contributed by atoms with Crippen LogP contribution in [0.4, 0.5) is 5.69 Å². The smallest absolute Gasteiger partial charge is 0.265 e. The van der Waals surface area contributed by atoms with Gasteiger partial charge in [0, 0.05) is 25.2 Å². The lowest BCUT2D eigenvalue weighted by molar-refractivity contribution is -0.130. The van der Waals surface area contributed by atoms with Crippen molar-refractivity contribution in [1.29, 1.82) is 0 Å². The second-order valence-electron chi connectivity index (χ2n) is 8.60. The maximum atomic E-state index is 13.7. The predicted molar refractivity (Wildman–Crippen MR) is 139 cm³/mol. The van der Waals surface area contributed by atoms with Gasteiger partial charge in [-0.3, -0.25) is 14.4 Å². The van der Waals surface area contributed by atoms with Gasteiger partial charge in [0.25, 0.3) is 17.7 Å². The van der Waals surface area contributed by atoms with Crippen LogP contribution in [0.5, 0.6) is 11.5 Å². The molecule has 0 bridgehead atoms. The Bertz CT molecular complexity index is 1360. The molecule has 0 N–H and O–H groups in total. The molecule has 7 heteroatoms. The molecule has 3 amide bonds. The number of aryl methyl sites for hydroxylation is 1. The molecule has 1 aliphatic rings. The van der Waals surface area contributed by atoms with E-state index in [0.717, 1.165) is 5.56 Å². The Hall–Kier alpha value is -4.39. The normalized spacial score (nSPS) is 14.0. The fraction of sp³-hybridized carbons (Fsp3) is 0.207. The van der Waals surface area contributed by atoms with E-state index in [-0.39, 0.29) is 18.4 Å². The van der Waals surface area contributed by atoms with Crippen LogP contribution in [0.25, 0.3) is 11.6 Å². The van der Waals surface area contributed by atoms with Crippen molar-refractivity contribution in [2.24, 2.45) is 0 Å². The molecule has 0 saturated heterocycles. The van der Waals surface area contributed by atoms with Gasteiger partial charge in [-0.15, -0.1) is 0 Å². The second kappa shape index (κ2) is 10.5. The molecule has 0 atom stereocenters. The molecule has 0 aliphatic carbocycles. The molecule has 184 valence electrons. The fourth-order valence-electron chi connectivity index (χ4n) is 3.93. The van der Waals surface area contributed by atoms with Crippen molar-refractivity contribution >= 4 is 35.1 Å². The lowest BCUT2D eigenvalue weighted by atomic mass is 9.91. The van der Waals surface area contributed by atoms with Crippen molar-refractivity contribution < 1.29 is 23.9 Å². The SMILES string of the molecule is CCOc1cc(/C=C2/C(=O)N(c3cccc(C)c3)C(=O)c3ccccc32)ccc1OCC(=O)N(C)C. The largest absolute Gasteiger partial charge is 0.490 e. The summed E-state index contributed by atoms with van der Waals surface area (Å²) in [7, 11) is 3.32. The van der Waals surface area contributed by atoms with Gasteiger partial charge in [0.05, 0.1) is 12.3 Å². The van der Waals surface area contributed by atoms with E-state index in [1.807, 2.05) is 32.0 Å². The van der Waals surface area contributed by atoms with E-state index in [9.17, 15) is 14.4 Å². The third-order valence-corrected chi connectivity index (χ3v) is 5.77. The minimum atomic E-state index is -0.404. The molecule has 0 spiro atoms. The quantitative estimate of drug-likeness (QED) is 0.362. The van der Waals surface area contributed by atoms with Gasteiger partial charge < -0.3 is 14.4 Å². The van der Waals surface area contributed by atoms with Crippen LogP contribution in [0.3, 0.4) is 0 Å². The fourth-order valence-corrected chi connectivity index (χ4v) is 3.93. The first kappa shape index (κ1) is 24.7. The van der Waals surface area contributed by atoms with Crippen LogP contribution in [-0.4, -0.2) is 49.9 Å². The van der Waals surface area contributed by atoms with Crippen molar-refractivity contribution in [2.75, 3.05) is 32.2 Å². The minimum absolute atomic E-state index is 0.118. The van der Waals surface area contributed by atoms with Crippen LogP contribution in [0.2, 0.25) is 0 Å². The van der Waals surface area contributed by atoms with E-state index < -0.39 is 5.91 Å². The summed E-state index contributed by atoms with van der Waals surface area (Å²) in [4.78, 5) is 41.6. The summed E-state index contributed by atoms with van der Waals surface area (Å²) in [5.74, 6) is -0.0431. The van der Waals surface area contributed by atoms with Crippen molar-refractivity contribution in [3.05, 3.63) is 89.0 Å². The van der Waals surface area contributed by atoms with Crippen LogP contribution in [0, 0.1) is 6.92 Å². The number of amides is 3. The van der Waals surface area contributed by atoms with E-state index in [4.69, 9.17) is 9.47 Å². The Morgan fingerprint density at radius 2 is 1.64 bits per heavy atom. The van der Waals surface area contributed by atoms with Crippen LogP contribution in [-0.2, 0) is 9.59 Å². The number of likely N-dealkylation sites (N-methyl/N-ethyl adjacent to an activating group) is 1. The molecule has 0 unspecified atom stereocenters. The topological polar surface area (TPSA) is 76.1 Å². The monoisotopic (exact) mass is 484 g/mol. The molecule has 0 radical (unpaired) electrons. The highest BCUT2D eigenvalue weighted by molar-refractivity contribution is 6.43. The standard InChI is InChI=1S/C29H28N2O5/c1-5-35-26-17-20(13-14-25(26)36-18-27(32)30(3)4)16-24-22-11-6-7-12-23(22)28(33)31(29(24)34)21-10-8-9-19(2)15-21/h6-17H,5,18H2,1-4H3/b24-16+. The van der Waals surface area contributed by atoms with Gasteiger partial charge in [-0.05, 0) is 66.9 Å². The lowest BCUT2D eigenvalue weighted by Crippen LogP contribution is -2.41. The molecule has 0 fully saturated rings. The number of hydrogen-bond donors (Lipinski definition) is 0. The van der Waals surface area contributed by atoms with Crippen molar-refractivity contribution in [1.82, 2.24) is 4.90 Å². The van der Waals surface area contributed by atoms with Crippen LogP contribution < -0.4 is 14.4 Å². The second-order valence-corrected chi connectivity index (χ2v) is 8.60. The first-order valence-electron chi connectivity index (χ1n) is 11.7. The van der Waals surface area contributed by atoms with Gasteiger partial charge in [-0.25, -0.2) is 4.90 Å². The highest BCUT2D eigenvalue weighted by atomic mass is 16.5. The number of anilines is 1. The number of rotatable bonds is 7. The minimum Gasteiger partial charge on any atom is -0.490 e. The number of benzene rings is 3. The predicted octanol–water partition coefficient (Wildman–Crippen LogP) is 4.59. The van der Waals surface area contributed by atoms with E-state index >= 15 is 0 Å². The third kappa shape index (κ3) is 5.00. The summed E-state index contributed by atoms with van der Waals surface area (Å²) in [6, 6.07) is 19.7. The summed E-state index contributed by atoms with van der Waals surface area (Å²) in [6.45, 7) is 4.05. The van der Waals surface area contributed by atoms with Crippen molar-refractivity contribution in [3.63, 3.8) is 0 Å². The van der Waals surface area contributed by atoms with Gasteiger partial charge in [0.2, 0.25) is 0 Å². The Balaban J connectivity index is 1.76. The first-order valence-corrected chi connectivity index (χ1v) is 11.7. The van der Waals surface area contributed by atoms with Gasteiger partial charge in [0.15, 0.2) is 18.1 Å². The molecule has 36 heavy (non-hydrogen) atoms. The number of ether oxygens (including phenoxy) is 2. The molecule has 3 aromatic carbocycles. The summed E-state index contributed by atoms with van der Waals surface area (Å²) >= 11 is 0. The van der Waals surface area contributed by atoms with Gasteiger partial charge in [-0.1, -0.05) is 36.4 Å². The van der Waals surface area contributed by atoms with Crippen LogP contribution >= 0.6 is 0 Å². The lowest BCUT2D eigenvalue weighted by Gasteiger charge is -2.29. The summed E-state index contributed by atoms with van der Waals surface area (Å²) in [6.07, 6.45) is 1.74. The zero-order chi connectivity index (χ0) is 25.8. The Morgan fingerprint density at radius 3 is 2.33 bits per heavy atom. The molecule has 1 heterocycles.